The molecule has 0 bridgehead atoms. The maximum Gasteiger partial charge on any atom is 0.295 e. The number of amides is 1. The van der Waals surface area contributed by atoms with Gasteiger partial charge >= 0.3 is 0 Å². The van der Waals surface area contributed by atoms with Crippen molar-refractivity contribution in [3.8, 4) is 0 Å². The molecule has 3 rings (SSSR count). The lowest BCUT2D eigenvalue weighted by atomic mass is 9.98. The summed E-state index contributed by atoms with van der Waals surface area (Å²) in [4.78, 5) is 30.1. The first-order chi connectivity index (χ1) is 12.8. The van der Waals surface area contributed by atoms with Crippen molar-refractivity contribution in [3.63, 3.8) is 0 Å². The average Bonchev–Trinajstić information content (AvgIpc) is 3.15. The van der Waals surface area contributed by atoms with Crippen LogP contribution in [0.1, 0.15) is 27.6 Å². The standard InChI is InChI=1S/C21H24N2O3S/c1-13-5-7-15(8-6-13)18(24)16-17(20-14(2)9-12-27-20)23(11-10-22(3)4)21(26)19(16)25/h5-9,12,17,24H,10-11H2,1-4H3/b18-16-. The van der Waals surface area contributed by atoms with Gasteiger partial charge in [-0.2, -0.15) is 0 Å². The van der Waals surface area contributed by atoms with E-state index < -0.39 is 17.7 Å². The summed E-state index contributed by atoms with van der Waals surface area (Å²) in [7, 11) is 3.85. The third kappa shape index (κ3) is 3.68. The molecule has 0 aliphatic carbocycles. The highest BCUT2D eigenvalue weighted by Crippen LogP contribution is 2.42. The zero-order valence-corrected chi connectivity index (χ0v) is 16.8. The predicted molar refractivity (Wildman–Crippen MR) is 108 cm³/mol. The fourth-order valence-electron chi connectivity index (χ4n) is 3.22. The normalized spacial score (nSPS) is 19.3. The third-order valence-electron chi connectivity index (χ3n) is 4.80. The largest absolute Gasteiger partial charge is 0.507 e. The van der Waals surface area contributed by atoms with Crippen LogP contribution in [0.5, 0.6) is 0 Å². The Balaban J connectivity index is 2.13. The molecule has 1 aromatic carbocycles. The Bertz CT molecular complexity index is 896. The zero-order chi connectivity index (χ0) is 19.7. The van der Waals surface area contributed by atoms with Gasteiger partial charge in [-0.1, -0.05) is 29.8 Å². The Morgan fingerprint density at radius 1 is 1.15 bits per heavy atom. The van der Waals surface area contributed by atoms with Crippen molar-refractivity contribution in [1.29, 1.82) is 0 Å². The quantitative estimate of drug-likeness (QED) is 0.488. The number of thiophene rings is 1. The minimum absolute atomic E-state index is 0.112. The van der Waals surface area contributed by atoms with E-state index >= 15 is 0 Å². The molecule has 1 aliphatic heterocycles. The maximum absolute atomic E-state index is 12.8. The van der Waals surface area contributed by atoms with Crippen LogP contribution >= 0.6 is 11.3 Å². The van der Waals surface area contributed by atoms with Crippen LogP contribution in [0.15, 0.2) is 41.3 Å². The van der Waals surface area contributed by atoms with Crippen LogP contribution in [-0.2, 0) is 9.59 Å². The molecule has 1 atom stereocenters. The van der Waals surface area contributed by atoms with E-state index in [-0.39, 0.29) is 11.3 Å². The van der Waals surface area contributed by atoms with E-state index in [0.29, 0.717) is 18.7 Å². The molecule has 1 saturated heterocycles. The highest BCUT2D eigenvalue weighted by atomic mass is 32.1. The van der Waals surface area contributed by atoms with E-state index in [1.807, 2.05) is 56.4 Å². The summed E-state index contributed by atoms with van der Waals surface area (Å²) in [6.45, 7) is 4.98. The fourth-order valence-corrected chi connectivity index (χ4v) is 4.27. The minimum atomic E-state index is -0.621. The molecule has 1 fully saturated rings. The van der Waals surface area contributed by atoms with Gasteiger partial charge < -0.3 is 14.9 Å². The number of hydrogen-bond acceptors (Lipinski definition) is 5. The first-order valence-electron chi connectivity index (χ1n) is 8.85. The van der Waals surface area contributed by atoms with Crippen LogP contribution in [0.25, 0.3) is 5.76 Å². The second-order valence-electron chi connectivity index (χ2n) is 7.13. The summed E-state index contributed by atoms with van der Waals surface area (Å²) < 4.78 is 0. The molecule has 0 saturated carbocycles. The van der Waals surface area contributed by atoms with Gasteiger partial charge in [0.25, 0.3) is 11.7 Å². The van der Waals surface area contributed by atoms with E-state index in [1.54, 1.807) is 17.0 Å². The molecule has 1 aromatic heterocycles. The second-order valence-corrected chi connectivity index (χ2v) is 8.08. The van der Waals surface area contributed by atoms with Crippen LogP contribution in [0.3, 0.4) is 0 Å². The number of ketones is 1. The topological polar surface area (TPSA) is 60.9 Å². The number of aliphatic hydroxyl groups excluding tert-OH is 1. The zero-order valence-electron chi connectivity index (χ0n) is 16.0. The molecule has 0 spiro atoms. The number of aliphatic hydroxyl groups is 1. The Morgan fingerprint density at radius 2 is 1.81 bits per heavy atom. The number of carbonyl (C=O) groups is 2. The lowest BCUT2D eigenvalue weighted by Gasteiger charge is -2.26. The van der Waals surface area contributed by atoms with Crippen LogP contribution in [0.2, 0.25) is 0 Å². The van der Waals surface area contributed by atoms with Gasteiger partial charge in [0, 0.05) is 23.5 Å². The summed E-state index contributed by atoms with van der Waals surface area (Å²) in [6.07, 6.45) is 0. The Morgan fingerprint density at radius 3 is 2.37 bits per heavy atom. The summed E-state index contributed by atoms with van der Waals surface area (Å²) >= 11 is 1.50. The monoisotopic (exact) mass is 384 g/mol. The van der Waals surface area contributed by atoms with E-state index in [1.165, 1.54) is 11.3 Å². The van der Waals surface area contributed by atoms with Gasteiger partial charge in [0.2, 0.25) is 0 Å². The maximum atomic E-state index is 12.8. The van der Waals surface area contributed by atoms with E-state index in [9.17, 15) is 14.7 Å². The van der Waals surface area contributed by atoms with Gasteiger partial charge in [0.05, 0.1) is 11.6 Å². The second kappa shape index (κ2) is 7.66. The summed E-state index contributed by atoms with van der Waals surface area (Å²) in [5, 5.41) is 12.9. The molecule has 6 heteroatoms. The smallest absolute Gasteiger partial charge is 0.295 e. The molecular formula is C21H24N2O3S. The van der Waals surface area contributed by atoms with Crippen molar-refractivity contribution in [3.05, 3.63) is 62.9 Å². The number of carbonyl (C=O) groups excluding carboxylic acids is 2. The number of aryl methyl sites for hydroxylation is 2. The number of rotatable bonds is 5. The van der Waals surface area contributed by atoms with Gasteiger partial charge in [-0.3, -0.25) is 9.59 Å². The van der Waals surface area contributed by atoms with Crippen molar-refractivity contribution >= 4 is 28.8 Å². The number of Topliss-reactive ketones (excluding diaryl/α,β-unsaturated/α-hetero) is 1. The SMILES string of the molecule is Cc1ccc(/C(O)=C2/C(=O)C(=O)N(CCN(C)C)C2c2sccc2C)cc1. The molecule has 142 valence electrons. The number of hydrogen-bond donors (Lipinski definition) is 1. The summed E-state index contributed by atoms with van der Waals surface area (Å²) in [5.74, 6) is -1.29. The Labute approximate surface area is 163 Å². The Kier molecular flexibility index (Phi) is 5.48. The first kappa shape index (κ1) is 19.3. The lowest BCUT2D eigenvalue weighted by molar-refractivity contribution is -0.140. The number of benzene rings is 1. The molecule has 1 aliphatic rings. The molecular weight excluding hydrogens is 360 g/mol. The summed E-state index contributed by atoms with van der Waals surface area (Å²) in [5.41, 5.74) is 2.79. The third-order valence-corrected chi connectivity index (χ3v) is 5.87. The highest BCUT2D eigenvalue weighted by Gasteiger charge is 2.46. The number of likely N-dealkylation sites (N-methyl/N-ethyl adjacent to an activating group) is 1. The average molecular weight is 385 g/mol. The van der Waals surface area contributed by atoms with Gasteiger partial charge in [0.1, 0.15) is 5.76 Å². The van der Waals surface area contributed by atoms with Crippen LogP contribution in [-0.4, -0.2) is 53.8 Å². The van der Waals surface area contributed by atoms with Crippen molar-refractivity contribution in [1.82, 2.24) is 9.80 Å². The van der Waals surface area contributed by atoms with Gasteiger partial charge in [0.15, 0.2) is 0 Å². The predicted octanol–water partition coefficient (Wildman–Crippen LogP) is 3.35. The molecule has 5 nitrogen and oxygen atoms in total. The number of nitrogens with zero attached hydrogens (tertiary/aromatic N) is 2. The molecule has 27 heavy (non-hydrogen) atoms. The molecule has 2 aromatic rings. The van der Waals surface area contributed by atoms with Crippen molar-refractivity contribution in [2.75, 3.05) is 27.2 Å². The van der Waals surface area contributed by atoms with Gasteiger partial charge in [-0.15, -0.1) is 11.3 Å². The molecule has 1 N–H and O–H groups in total. The Hall–Kier alpha value is -2.44. The molecule has 0 radical (unpaired) electrons. The van der Waals surface area contributed by atoms with Gasteiger partial charge in [-0.25, -0.2) is 0 Å². The highest BCUT2D eigenvalue weighted by molar-refractivity contribution is 7.10. The lowest BCUT2D eigenvalue weighted by Crippen LogP contribution is -2.35. The fraction of sp³-hybridized carbons (Fsp3) is 0.333. The van der Waals surface area contributed by atoms with Crippen molar-refractivity contribution < 1.29 is 14.7 Å². The van der Waals surface area contributed by atoms with Crippen LogP contribution in [0.4, 0.5) is 0 Å². The molecule has 1 amide bonds. The van der Waals surface area contributed by atoms with Crippen molar-refractivity contribution in [2.24, 2.45) is 0 Å². The first-order valence-corrected chi connectivity index (χ1v) is 9.73. The number of likely N-dealkylation sites (tertiary alicyclic amines) is 1. The molecule has 2 heterocycles. The molecule has 1 unspecified atom stereocenters. The minimum Gasteiger partial charge on any atom is -0.507 e. The summed E-state index contributed by atoms with van der Waals surface area (Å²) in [6, 6.07) is 8.72. The van der Waals surface area contributed by atoms with Crippen LogP contribution < -0.4 is 0 Å². The van der Waals surface area contributed by atoms with E-state index in [4.69, 9.17) is 0 Å². The van der Waals surface area contributed by atoms with Crippen molar-refractivity contribution in [2.45, 2.75) is 19.9 Å². The van der Waals surface area contributed by atoms with E-state index in [2.05, 4.69) is 0 Å². The van der Waals surface area contributed by atoms with E-state index in [0.717, 1.165) is 16.0 Å². The van der Waals surface area contributed by atoms with Gasteiger partial charge in [-0.05, 0) is 45.0 Å². The van der Waals surface area contributed by atoms with Crippen LogP contribution in [0, 0.1) is 13.8 Å².